The SMILES string of the molecule is CC(=O)CC[C@@]1(C)C(=O)COC1=O. The lowest BCUT2D eigenvalue weighted by atomic mass is 9.82. The van der Waals surface area contributed by atoms with Crippen molar-refractivity contribution in [1.29, 1.82) is 0 Å². The molecule has 4 nitrogen and oxygen atoms in total. The summed E-state index contributed by atoms with van der Waals surface area (Å²) in [5, 5.41) is 0. The predicted molar refractivity (Wildman–Crippen MR) is 44.0 cm³/mol. The zero-order valence-corrected chi connectivity index (χ0v) is 7.75. The molecular weight excluding hydrogens is 172 g/mol. The third-order valence-corrected chi connectivity index (χ3v) is 2.38. The van der Waals surface area contributed by atoms with E-state index in [0.717, 1.165) is 0 Å². The fraction of sp³-hybridized carbons (Fsp3) is 0.667. The monoisotopic (exact) mass is 184 g/mol. The van der Waals surface area contributed by atoms with Crippen molar-refractivity contribution >= 4 is 17.5 Å². The Hall–Kier alpha value is -1.19. The van der Waals surface area contributed by atoms with Crippen molar-refractivity contribution in [1.82, 2.24) is 0 Å². The van der Waals surface area contributed by atoms with E-state index in [1.807, 2.05) is 0 Å². The van der Waals surface area contributed by atoms with Crippen LogP contribution >= 0.6 is 0 Å². The van der Waals surface area contributed by atoms with E-state index in [1.165, 1.54) is 13.8 Å². The lowest BCUT2D eigenvalue weighted by molar-refractivity contribution is -0.146. The molecule has 0 aromatic carbocycles. The van der Waals surface area contributed by atoms with Gasteiger partial charge in [0.2, 0.25) is 0 Å². The molecule has 0 N–H and O–H groups in total. The summed E-state index contributed by atoms with van der Waals surface area (Å²) in [6, 6.07) is 0. The van der Waals surface area contributed by atoms with Crippen LogP contribution in [0.2, 0.25) is 0 Å². The van der Waals surface area contributed by atoms with Crippen molar-refractivity contribution in [3.63, 3.8) is 0 Å². The Labute approximate surface area is 76.3 Å². The molecule has 4 heteroatoms. The normalized spacial score (nSPS) is 27.5. The molecule has 0 spiro atoms. The molecular formula is C9H12O4. The Balaban J connectivity index is 2.68. The number of esters is 1. The van der Waals surface area contributed by atoms with Gasteiger partial charge in [0.25, 0.3) is 0 Å². The molecule has 0 saturated carbocycles. The molecule has 0 aromatic heterocycles. The maximum atomic E-state index is 11.3. The first kappa shape index (κ1) is 9.89. The maximum Gasteiger partial charge on any atom is 0.319 e. The summed E-state index contributed by atoms with van der Waals surface area (Å²) in [5.74, 6) is -0.744. The highest BCUT2D eigenvalue weighted by Crippen LogP contribution is 2.31. The van der Waals surface area contributed by atoms with Gasteiger partial charge >= 0.3 is 5.97 Å². The van der Waals surface area contributed by atoms with Gasteiger partial charge in [0.15, 0.2) is 12.4 Å². The van der Waals surface area contributed by atoms with Gasteiger partial charge in [0.1, 0.15) is 11.2 Å². The van der Waals surface area contributed by atoms with Crippen LogP contribution in [0.1, 0.15) is 26.7 Å². The Morgan fingerprint density at radius 3 is 2.54 bits per heavy atom. The van der Waals surface area contributed by atoms with Crippen LogP contribution in [0.3, 0.4) is 0 Å². The Morgan fingerprint density at radius 2 is 2.15 bits per heavy atom. The molecule has 1 heterocycles. The van der Waals surface area contributed by atoms with E-state index in [1.54, 1.807) is 0 Å². The molecule has 1 aliphatic rings. The van der Waals surface area contributed by atoms with Gasteiger partial charge in [-0.25, -0.2) is 0 Å². The third-order valence-electron chi connectivity index (χ3n) is 2.38. The van der Waals surface area contributed by atoms with Crippen molar-refractivity contribution in [2.75, 3.05) is 6.61 Å². The van der Waals surface area contributed by atoms with Crippen LogP contribution in [0.5, 0.6) is 0 Å². The molecule has 1 rings (SSSR count). The number of rotatable bonds is 3. The second-order valence-electron chi connectivity index (χ2n) is 3.53. The average Bonchev–Trinajstić information content (AvgIpc) is 2.31. The van der Waals surface area contributed by atoms with Crippen molar-refractivity contribution in [2.45, 2.75) is 26.7 Å². The van der Waals surface area contributed by atoms with Gasteiger partial charge in [-0.3, -0.25) is 9.59 Å². The number of ketones is 2. The summed E-state index contributed by atoms with van der Waals surface area (Å²) in [5.41, 5.74) is -1.08. The van der Waals surface area contributed by atoms with E-state index >= 15 is 0 Å². The first-order valence-corrected chi connectivity index (χ1v) is 4.17. The van der Waals surface area contributed by atoms with Crippen LogP contribution in [0.15, 0.2) is 0 Å². The Kier molecular flexibility index (Phi) is 2.50. The second-order valence-corrected chi connectivity index (χ2v) is 3.53. The van der Waals surface area contributed by atoms with E-state index in [0.29, 0.717) is 0 Å². The summed E-state index contributed by atoms with van der Waals surface area (Å²) < 4.78 is 4.61. The number of cyclic esters (lactones) is 1. The van der Waals surface area contributed by atoms with Gasteiger partial charge in [-0.05, 0) is 20.3 Å². The summed E-state index contributed by atoms with van der Waals surface area (Å²) in [6.07, 6.45) is 0.511. The minimum Gasteiger partial charge on any atom is -0.457 e. The van der Waals surface area contributed by atoms with E-state index < -0.39 is 11.4 Å². The van der Waals surface area contributed by atoms with Crippen molar-refractivity contribution in [2.24, 2.45) is 5.41 Å². The first-order chi connectivity index (χ1) is 5.97. The van der Waals surface area contributed by atoms with E-state index in [4.69, 9.17) is 0 Å². The standard InChI is InChI=1S/C9H12O4/c1-6(10)3-4-9(2)7(11)5-13-8(9)12/h3-5H2,1-2H3/t9-/m0/s1. The topological polar surface area (TPSA) is 60.4 Å². The Morgan fingerprint density at radius 1 is 1.54 bits per heavy atom. The summed E-state index contributed by atoms with van der Waals surface area (Å²) in [7, 11) is 0. The fourth-order valence-electron chi connectivity index (χ4n) is 1.23. The highest BCUT2D eigenvalue weighted by molar-refractivity contribution is 6.08. The highest BCUT2D eigenvalue weighted by atomic mass is 16.5. The summed E-state index contributed by atoms with van der Waals surface area (Å²) in [4.78, 5) is 33.1. The van der Waals surface area contributed by atoms with Crippen LogP contribution in [0.25, 0.3) is 0 Å². The van der Waals surface area contributed by atoms with Gasteiger partial charge in [-0.15, -0.1) is 0 Å². The van der Waals surface area contributed by atoms with Crippen molar-refractivity contribution in [3.8, 4) is 0 Å². The first-order valence-electron chi connectivity index (χ1n) is 4.17. The molecule has 0 unspecified atom stereocenters. The number of carbonyl (C=O) groups is 3. The molecule has 1 atom stereocenters. The minimum atomic E-state index is -1.08. The van der Waals surface area contributed by atoms with Gasteiger partial charge < -0.3 is 9.53 Å². The zero-order valence-electron chi connectivity index (χ0n) is 7.75. The number of Topliss-reactive ketones (excluding diaryl/α,β-unsaturated/α-hetero) is 2. The second kappa shape index (κ2) is 3.28. The lowest BCUT2D eigenvalue weighted by Crippen LogP contribution is -2.30. The lowest BCUT2D eigenvalue weighted by Gasteiger charge is -2.15. The smallest absolute Gasteiger partial charge is 0.319 e. The molecule has 1 aliphatic heterocycles. The molecule has 0 amide bonds. The van der Waals surface area contributed by atoms with Crippen LogP contribution in [-0.4, -0.2) is 24.1 Å². The van der Waals surface area contributed by atoms with Gasteiger partial charge in [-0.2, -0.15) is 0 Å². The van der Waals surface area contributed by atoms with Crippen LogP contribution < -0.4 is 0 Å². The van der Waals surface area contributed by atoms with Crippen LogP contribution in [0.4, 0.5) is 0 Å². The Bertz CT molecular complexity index is 251. The third kappa shape index (κ3) is 1.76. The van der Waals surface area contributed by atoms with Crippen LogP contribution in [0, 0.1) is 5.41 Å². The zero-order chi connectivity index (χ0) is 10.1. The average molecular weight is 184 g/mol. The van der Waals surface area contributed by atoms with Gasteiger partial charge in [-0.1, -0.05) is 0 Å². The van der Waals surface area contributed by atoms with Gasteiger partial charge in [0.05, 0.1) is 0 Å². The van der Waals surface area contributed by atoms with Gasteiger partial charge in [0, 0.05) is 6.42 Å². The molecule has 72 valence electrons. The molecule has 1 fully saturated rings. The molecule has 0 aliphatic carbocycles. The maximum absolute atomic E-state index is 11.3. The largest absolute Gasteiger partial charge is 0.457 e. The van der Waals surface area contributed by atoms with E-state index in [-0.39, 0.29) is 31.0 Å². The predicted octanol–water partition coefficient (Wildman–Crippen LogP) is 0.488. The number of hydrogen-bond donors (Lipinski definition) is 0. The highest BCUT2D eigenvalue weighted by Gasteiger charge is 2.47. The summed E-state index contributed by atoms with van der Waals surface area (Å²) in [6.45, 7) is 2.83. The fourth-order valence-corrected chi connectivity index (χ4v) is 1.23. The summed E-state index contributed by atoms with van der Waals surface area (Å²) >= 11 is 0. The van der Waals surface area contributed by atoms with E-state index in [9.17, 15) is 14.4 Å². The van der Waals surface area contributed by atoms with Crippen molar-refractivity contribution < 1.29 is 19.1 Å². The van der Waals surface area contributed by atoms with Crippen LogP contribution in [-0.2, 0) is 19.1 Å². The molecule has 1 saturated heterocycles. The molecule has 0 bridgehead atoms. The van der Waals surface area contributed by atoms with Crippen molar-refractivity contribution in [3.05, 3.63) is 0 Å². The number of hydrogen-bond acceptors (Lipinski definition) is 4. The van der Waals surface area contributed by atoms with E-state index in [2.05, 4.69) is 4.74 Å². The number of carbonyl (C=O) groups excluding carboxylic acids is 3. The minimum absolute atomic E-state index is 0.0197. The quantitative estimate of drug-likeness (QED) is 0.473. The molecule has 13 heavy (non-hydrogen) atoms. The molecule has 0 radical (unpaired) electrons. The molecule has 0 aromatic rings. The number of ether oxygens (including phenoxy) is 1.